The van der Waals surface area contributed by atoms with E-state index in [-0.39, 0.29) is 0 Å². The highest BCUT2D eigenvalue weighted by Gasteiger charge is 2.19. The molecule has 3 nitrogen and oxygen atoms in total. The summed E-state index contributed by atoms with van der Waals surface area (Å²) in [5.74, 6) is 2.56. The highest BCUT2D eigenvalue weighted by molar-refractivity contribution is 6.10. The fourth-order valence-corrected chi connectivity index (χ4v) is 5.67. The Bertz CT molecular complexity index is 2010. The number of ether oxygens (including phenoxy) is 1. The number of aromatic nitrogens is 2. The summed E-state index contributed by atoms with van der Waals surface area (Å²) in [6.45, 7) is 0. The Morgan fingerprint density at radius 3 is 2.02 bits per heavy atom. The van der Waals surface area contributed by atoms with Gasteiger partial charge in [0.1, 0.15) is 17.3 Å². The number of benzene rings is 5. The number of hydrogen-bond acceptors (Lipinski definition) is 2. The zero-order valence-corrected chi connectivity index (χ0v) is 21.7. The summed E-state index contributed by atoms with van der Waals surface area (Å²) in [5, 5.41) is 2.35. The highest BCUT2D eigenvalue weighted by atomic mass is 16.5. The van der Waals surface area contributed by atoms with Crippen molar-refractivity contribution in [3.8, 4) is 39.7 Å². The van der Waals surface area contributed by atoms with Crippen LogP contribution in [0.2, 0.25) is 0 Å². The van der Waals surface area contributed by atoms with Gasteiger partial charge in [0.2, 0.25) is 0 Å². The third-order valence-electron chi connectivity index (χ3n) is 7.60. The summed E-state index contributed by atoms with van der Waals surface area (Å²) < 4.78 is 8.76. The number of para-hydroxylation sites is 2. The molecule has 0 aliphatic carbocycles. The molecule has 1 aliphatic rings. The predicted molar refractivity (Wildman–Crippen MR) is 165 cm³/mol. The highest BCUT2D eigenvalue weighted by Crippen LogP contribution is 2.41. The number of nitrogens with zero attached hydrogens (tertiary/aromatic N) is 2. The third-order valence-corrected chi connectivity index (χ3v) is 7.60. The van der Waals surface area contributed by atoms with Gasteiger partial charge in [0.25, 0.3) is 0 Å². The number of rotatable bonds is 3. The molecule has 0 spiro atoms. The van der Waals surface area contributed by atoms with E-state index in [0.717, 1.165) is 61.9 Å². The molecule has 5 aromatic carbocycles. The number of hydrogen-bond donors (Lipinski definition) is 0. The molecule has 40 heavy (non-hydrogen) atoms. The maximum atomic E-state index is 6.49. The maximum Gasteiger partial charge on any atom is 0.138 e. The Morgan fingerprint density at radius 2 is 1.18 bits per heavy atom. The Hall–Kier alpha value is -5.41. The Morgan fingerprint density at radius 1 is 0.475 bits per heavy atom. The molecule has 3 heterocycles. The SMILES string of the molecule is C1=Cc2cc3c4ccccc4n(-c4cc(-c5ccccc5)cc(-c5ccccc5)n4)c3cc2Oc2ccccc21. The lowest BCUT2D eigenvalue weighted by Crippen LogP contribution is -2.00. The molecule has 0 unspecified atom stereocenters. The van der Waals surface area contributed by atoms with Gasteiger partial charge in [-0.1, -0.05) is 109 Å². The van der Waals surface area contributed by atoms with Crippen LogP contribution in [0.25, 0.3) is 62.2 Å². The summed E-state index contributed by atoms with van der Waals surface area (Å²) in [6.07, 6.45) is 4.28. The lowest BCUT2D eigenvalue weighted by atomic mass is 10.0. The van der Waals surface area contributed by atoms with Gasteiger partial charge in [-0.15, -0.1) is 0 Å². The number of fused-ring (bicyclic) bond motifs is 5. The minimum Gasteiger partial charge on any atom is -0.456 e. The van der Waals surface area contributed by atoms with Crippen LogP contribution in [-0.4, -0.2) is 9.55 Å². The van der Waals surface area contributed by atoms with E-state index in [9.17, 15) is 0 Å². The summed E-state index contributed by atoms with van der Waals surface area (Å²) in [7, 11) is 0. The van der Waals surface area contributed by atoms with Gasteiger partial charge in [-0.25, -0.2) is 4.98 Å². The smallest absolute Gasteiger partial charge is 0.138 e. The van der Waals surface area contributed by atoms with Gasteiger partial charge in [-0.05, 0) is 41.5 Å². The second-order valence-electron chi connectivity index (χ2n) is 10.1. The van der Waals surface area contributed by atoms with E-state index in [1.165, 1.54) is 10.8 Å². The molecular weight excluding hydrogens is 488 g/mol. The second-order valence-corrected chi connectivity index (χ2v) is 10.1. The normalized spacial score (nSPS) is 12.1. The molecule has 0 amide bonds. The average molecular weight is 513 g/mol. The van der Waals surface area contributed by atoms with Crippen molar-refractivity contribution in [1.82, 2.24) is 9.55 Å². The largest absolute Gasteiger partial charge is 0.456 e. The van der Waals surface area contributed by atoms with Crippen molar-refractivity contribution >= 4 is 34.0 Å². The monoisotopic (exact) mass is 512 g/mol. The van der Waals surface area contributed by atoms with Crippen LogP contribution in [0.1, 0.15) is 11.1 Å². The van der Waals surface area contributed by atoms with Crippen LogP contribution in [0.15, 0.2) is 133 Å². The summed E-state index contributed by atoms with van der Waals surface area (Å²) >= 11 is 0. The number of pyridine rings is 1. The second kappa shape index (κ2) is 9.11. The fraction of sp³-hybridized carbons (Fsp3) is 0. The lowest BCUT2D eigenvalue weighted by molar-refractivity contribution is 0.482. The van der Waals surface area contributed by atoms with Crippen LogP contribution in [0, 0.1) is 0 Å². The molecular formula is C37H24N2O. The van der Waals surface area contributed by atoms with Crippen LogP contribution in [0.5, 0.6) is 11.5 Å². The van der Waals surface area contributed by atoms with Crippen molar-refractivity contribution in [3.63, 3.8) is 0 Å². The Labute approximate surface area is 232 Å². The first-order chi connectivity index (χ1) is 19.8. The van der Waals surface area contributed by atoms with Crippen molar-refractivity contribution < 1.29 is 4.74 Å². The fourth-order valence-electron chi connectivity index (χ4n) is 5.67. The van der Waals surface area contributed by atoms with Gasteiger partial charge in [0.05, 0.1) is 16.7 Å². The maximum absolute atomic E-state index is 6.49. The van der Waals surface area contributed by atoms with Gasteiger partial charge in [0.15, 0.2) is 0 Å². The molecule has 8 rings (SSSR count). The van der Waals surface area contributed by atoms with Crippen LogP contribution >= 0.6 is 0 Å². The van der Waals surface area contributed by atoms with Gasteiger partial charge < -0.3 is 4.74 Å². The van der Waals surface area contributed by atoms with Gasteiger partial charge in [0, 0.05) is 33.5 Å². The van der Waals surface area contributed by atoms with E-state index in [4.69, 9.17) is 9.72 Å². The molecule has 0 bridgehead atoms. The molecule has 3 heteroatoms. The Kier molecular flexibility index (Phi) is 5.14. The van der Waals surface area contributed by atoms with E-state index in [1.54, 1.807) is 0 Å². The summed E-state index contributed by atoms with van der Waals surface area (Å²) in [5.41, 5.74) is 8.60. The first kappa shape index (κ1) is 22.6. The molecule has 0 saturated heterocycles. The minimum absolute atomic E-state index is 0.834. The van der Waals surface area contributed by atoms with Crippen LogP contribution in [-0.2, 0) is 0 Å². The van der Waals surface area contributed by atoms with Crippen molar-refractivity contribution in [3.05, 3.63) is 145 Å². The minimum atomic E-state index is 0.834. The van der Waals surface area contributed by atoms with E-state index in [1.807, 2.05) is 24.3 Å². The lowest BCUT2D eigenvalue weighted by Gasteiger charge is -2.14. The molecule has 0 saturated carbocycles. The quantitative estimate of drug-likeness (QED) is 0.236. The molecule has 0 fully saturated rings. The molecule has 7 aromatic rings. The van der Waals surface area contributed by atoms with E-state index in [2.05, 4.69) is 126 Å². The van der Waals surface area contributed by atoms with E-state index >= 15 is 0 Å². The third kappa shape index (κ3) is 3.71. The molecule has 1 aliphatic heterocycles. The first-order valence-electron chi connectivity index (χ1n) is 13.5. The van der Waals surface area contributed by atoms with Gasteiger partial charge in [-0.3, -0.25) is 4.57 Å². The molecule has 0 radical (unpaired) electrons. The van der Waals surface area contributed by atoms with Crippen LogP contribution in [0.3, 0.4) is 0 Å². The van der Waals surface area contributed by atoms with Crippen molar-refractivity contribution in [2.75, 3.05) is 0 Å². The van der Waals surface area contributed by atoms with E-state index in [0.29, 0.717) is 0 Å². The van der Waals surface area contributed by atoms with Gasteiger partial charge >= 0.3 is 0 Å². The van der Waals surface area contributed by atoms with Crippen molar-refractivity contribution in [2.24, 2.45) is 0 Å². The Balaban J connectivity index is 1.42. The molecule has 0 N–H and O–H groups in total. The molecule has 0 atom stereocenters. The van der Waals surface area contributed by atoms with Crippen molar-refractivity contribution in [1.29, 1.82) is 0 Å². The summed E-state index contributed by atoms with van der Waals surface area (Å²) in [4.78, 5) is 5.25. The molecule has 188 valence electrons. The zero-order valence-electron chi connectivity index (χ0n) is 21.7. The first-order valence-corrected chi connectivity index (χ1v) is 13.5. The van der Waals surface area contributed by atoms with E-state index < -0.39 is 0 Å². The average Bonchev–Trinajstić information content (AvgIpc) is 3.22. The predicted octanol–water partition coefficient (Wildman–Crippen LogP) is 9.79. The zero-order chi connectivity index (χ0) is 26.5. The van der Waals surface area contributed by atoms with Crippen LogP contribution < -0.4 is 4.74 Å². The summed E-state index contributed by atoms with van der Waals surface area (Å²) in [6, 6.07) is 46.4. The van der Waals surface area contributed by atoms with Crippen molar-refractivity contribution in [2.45, 2.75) is 0 Å². The topological polar surface area (TPSA) is 27.1 Å². The van der Waals surface area contributed by atoms with Gasteiger partial charge in [-0.2, -0.15) is 0 Å². The molecule has 2 aromatic heterocycles. The van der Waals surface area contributed by atoms with Crippen LogP contribution in [0.4, 0.5) is 0 Å². The standard InChI is InChI=1S/C37H24N2O/c1-3-11-25(12-4-1)29-22-32(26-13-5-2-6-14-26)38-37(23-29)39-33-17-9-8-16-30(33)31-21-28-20-19-27-15-7-10-18-35(27)40-36(28)24-34(31)39/h1-24H.